The molecule has 3 aliphatic carbocycles. The average molecular weight is 1020 g/mol. The predicted molar refractivity (Wildman–Crippen MR) is 322 cm³/mol. The smallest absolute Gasteiger partial charge is 0.132 e. The van der Waals surface area contributed by atoms with Gasteiger partial charge >= 0.3 is 0 Å². The molecular weight excluding hydrogens is 961 g/mol. The molecule has 9 aromatic carbocycles. The van der Waals surface area contributed by atoms with Crippen molar-refractivity contribution in [3.05, 3.63) is 274 Å². The van der Waals surface area contributed by atoms with E-state index < -0.39 is 10.8 Å². The first-order valence-corrected chi connectivity index (χ1v) is 27.8. The van der Waals surface area contributed by atoms with Crippen molar-refractivity contribution in [3.63, 3.8) is 0 Å². The maximum atomic E-state index is 7.46. The number of para-hydroxylation sites is 3. The van der Waals surface area contributed by atoms with E-state index in [-0.39, 0.29) is 10.8 Å². The Bertz CT molecular complexity index is 4630. The summed E-state index contributed by atoms with van der Waals surface area (Å²) < 4.78 is 12.3. The van der Waals surface area contributed by atoms with E-state index in [9.17, 15) is 0 Å². The molecule has 1 aliphatic heterocycles. The van der Waals surface area contributed by atoms with E-state index in [1.54, 1.807) is 0 Å². The Morgan fingerprint density at radius 3 is 1.25 bits per heavy atom. The van der Waals surface area contributed by atoms with E-state index in [1.165, 1.54) is 77.2 Å². The van der Waals surface area contributed by atoms with Crippen LogP contribution in [0.25, 0.3) is 88.6 Å². The van der Waals surface area contributed by atoms with Crippen molar-refractivity contribution in [1.29, 1.82) is 0 Å². The van der Waals surface area contributed by atoms with E-state index in [1.807, 2.05) is 0 Å². The van der Waals surface area contributed by atoms with Gasteiger partial charge in [0.15, 0.2) is 0 Å². The van der Waals surface area contributed by atoms with E-state index in [0.29, 0.717) is 0 Å². The summed E-state index contributed by atoms with van der Waals surface area (Å²) >= 11 is 0. The summed E-state index contributed by atoms with van der Waals surface area (Å²) in [5.74, 6) is 1.65. The van der Waals surface area contributed by atoms with Crippen LogP contribution < -0.4 is 4.74 Å². The quantitative estimate of drug-likeness (QED) is 0.173. The highest BCUT2D eigenvalue weighted by Crippen LogP contribution is 2.67. The van der Waals surface area contributed by atoms with Crippen LogP contribution in [0, 0.1) is 0 Å². The van der Waals surface area contributed by atoms with Gasteiger partial charge in [0.1, 0.15) is 11.5 Å². The number of ether oxygens (including phenoxy) is 1. The van der Waals surface area contributed by atoms with Crippen LogP contribution in [0.15, 0.2) is 219 Å². The Morgan fingerprint density at radius 2 is 0.747 bits per heavy atom. The van der Waals surface area contributed by atoms with Crippen molar-refractivity contribution in [2.45, 2.75) is 63.2 Å². The second-order valence-corrected chi connectivity index (χ2v) is 24.5. The van der Waals surface area contributed by atoms with Crippen LogP contribution in [0.1, 0.15) is 97.2 Å². The Morgan fingerprint density at radius 1 is 0.329 bits per heavy atom. The number of hydrogen-bond acceptors (Lipinski definition) is 3. The van der Waals surface area contributed by atoms with Crippen molar-refractivity contribution in [3.8, 4) is 56.5 Å². The highest BCUT2D eigenvalue weighted by atomic mass is 16.5. The highest BCUT2D eigenvalue weighted by Gasteiger charge is 2.57. The minimum atomic E-state index is -0.928. The summed E-state index contributed by atoms with van der Waals surface area (Å²) in [5.41, 5.74) is 23.8. The Kier molecular flexibility index (Phi) is 8.64. The third-order valence-electron chi connectivity index (χ3n) is 18.4. The van der Waals surface area contributed by atoms with Crippen LogP contribution in [0.5, 0.6) is 11.5 Å². The molecule has 0 saturated heterocycles. The molecule has 4 aliphatic rings. The maximum Gasteiger partial charge on any atom is 0.132 e. The van der Waals surface area contributed by atoms with Crippen LogP contribution in [0.2, 0.25) is 0 Å². The molecule has 0 unspecified atom stereocenters. The lowest BCUT2D eigenvalue weighted by molar-refractivity contribution is 0.435. The van der Waals surface area contributed by atoms with Crippen LogP contribution in [0.3, 0.4) is 0 Å². The number of hydrogen-bond donors (Lipinski definition) is 0. The first kappa shape index (κ1) is 44.8. The summed E-state index contributed by atoms with van der Waals surface area (Å²) in [5, 5.41) is 4.89. The molecule has 17 rings (SSSR count). The summed E-state index contributed by atoms with van der Waals surface area (Å²) in [6.45, 7) is 13.8. The van der Waals surface area contributed by atoms with Gasteiger partial charge in [-0.1, -0.05) is 181 Å². The first-order valence-electron chi connectivity index (χ1n) is 27.8. The van der Waals surface area contributed by atoms with E-state index in [2.05, 4.69) is 269 Å². The molecule has 79 heavy (non-hydrogen) atoms. The number of benzene rings is 9. The Labute approximate surface area is 459 Å². The third-order valence-corrected chi connectivity index (χ3v) is 18.4. The predicted octanol–water partition coefficient (Wildman–Crippen LogP) is 18.1. The van der Waals surface area contributed by atoms with Gasteiger partial charge in [0.25, 0.3) is 0 Å². The first-order chi connectivity index (χ1) is 38.4. The minimum absolute atomic E-state index is 0.0141. The van der Waals surface area contributed by atoms with Crippen LogP contribution in [-0.2, 0) is 21.7 Å². The lowest BCUT2D eigenvalue weighted by atomic mass is 9.65. The number of pyridine rings is 2. The van der Waals surface area contributed by atoms with Gasteiger partial charge in [-0.05, 0) is 133 Å². The van der Waals surface area contributed by atoms with Gasteiger partial charge < -0.3 is 13.9 Å². The average Bonchev–Trinajstić information content (AvgIpc) is 3.02. The maximum absolute atomic E-state index is 7.46. The highest BCUT2D eigenvalue weighted by molar-refractivity contribution is 6.11. The fourth-order valence-electron chi connectivity index (χ4n) is 14.9. The molecule has 376 valence electrons. The SMILES string of the molecule is CC(C)(C)c1ccc2c(c1)c1ccccc1n2-c1cnc2c(c1)C1(c3ccccc3Oc3cc4c(cc31)-c1ccccc1C41c3ccccc3-c3ccccc31)c1cc(-n3c4ccccc4c4cc(C(C)(C)C)ccc43)cnc1-2. The van der Waals surface area contributed by atoms with Crippen molar-refractivity contribution < 1.29 is 4.74 Å². The largest absolute Gasteiger partial charge is 0.457 e. The molecule has 4 aromatic heterocycles. The molecule has 0 saturated carbocycles. The normalized spacial score (nSPS) is 14.8. The molecule has 0 atom stereocenters. The van der Waals surface area contributed by atoms with Gasteiger partial charge in [0.05, 0.1) is 68.1 Å². The Hall–Kier alpha value is -9.32. The fourth-order valence-corrected chi connectivity index (χ4v) is 14.9. The Balaban J connectivity index is 0.993. The zero-order valence-electron chi connectivity index (χ0n) is 45.0. The van der Waals surface area contributed by atoms with Crippen molar-refractivity contribution >= 4 is 43.6 Å². The summed E-state index contributed by atoms with van der Waals surface area (Å²) in [6, 6.07) is 77.3. The number of fused-ring (bicyclic) bond motifs is 25. The summed E-state index contributed by atoms with van der Waals surface area (Å²) in [7, 11) is 0. The molecule has 0 radical (unpaired) electrons. The van der Waals surface area contributed by atoms with E-state index in [0.717, 1.165) is 78.6 Å². The molecule has 0 amide bonds. The van der Waals surface area contributed by atoms with Gasteiger partial charge in [-0.2, -0.15) is 0 Å². The summed E-state index contributed by atoms with van der Waals surface area (Å²) in [6.07, 6.45) is 4.15. The van der Waals surface area contributed by atoms with Crippen LogP contribution in [-0.4, -0.2) is 19.1 Å². The standard InChI is InChI=1S/C74H54N4O/c1-71(2,3)43-31-33-65-53(35-43)50-22-10-16-28-63(50)77(65)45-37-61-69(75-41-45)70-62(38-46(42-76-70)78-64-29-17-11-23-51(64)54-36-44(72(4,5)6)32-34-66(54)78)74(61)58-27-15-18-30-67(58)79-68-40-59-52(39-60(68)74)49-21-9-14-26-57(49)73(59)55-24-12-7-19-47(55)48-20-8-13-25-56(48)73/h7-42H,1-6H3. The molecule has 0 fully saturated rings. The van der Waals surface area contributed by atoms with Gasteiger partial charge in [-0.25, -0.2) is 0 Å². The second-order valence-electron chi connectivity index (χ2n) is 24.5. The molecule has 0 N–H and O–H groups in total. The molecule has 5 heterocycles. The monoisotopic (exact) mass is 1010 g/mol. The lowest BCUT2D eigenvalue weighted by Gasteiger charge is -2.40. The van der Waals surface area contributed by atoms with Gasteiger partial charge in [-0.15, -0.1) is 0 Å². The van der Waals surface area contributed by atoms with Crippen molar-refractivity contribution in [2.75, 3.05) is 0 Å². The molecule has 2 spiro atoms. The minimum Gasteiger partial charge on any atom is -0.457 e. The molecule has 13 aromatic rings. The summed E-state index contributed by atoms with van der Waals surface area (Å²) in [4.78, 5) is 11.3. The van der Waals surface area contributed by atoms with Crippen molar-refractivity contribution in [2.24, 2.45) is 0 Å². The fraction of sp³-hybridized carbons (Fsp3) is 0.135. The van der Waals surface area contributed by atoms with E-state index in [4.69, 9.17) is 14.7 Å². The number of aromatic nitrogens is 4. The van der Waals surface area contributed by atoms with Crippen LogP contribution in [0.4, 0.5) is 0 Å². The third kappa shape index (κ3) is 5.64. The van der Waals surface area contributed by atoms with Crippen molar-refractivity contribution in [1.82, 2.24) is 19.1 Å². The number of rotatable bonds is 2. The lowest BCUT2D eigenvalue weighted by Crippen LogP contribution is -2.33. The van der Waals surface area contributed by atoms with Gasteiger partial charge in [0, 0.05) is 43.8 Å². The zero-order chi connectivity index (χ0) is 52.9. The van der Waals surface area contributed by atoms with Crippen LogP contribution >= 0.6 is 0 Å². The van der Waals surface area contributed by atoms with Gasteiger partial charge in [-0.3, -0.25) is 9.97 Å². The van der Waals surface area contributed by atoms with E-state index >= 15 is 0 Å². The molecular formula is C74H54N4O. The van der Waals surface area contributed by atoms with Gasteiger partial charge in [0.2, 0.25) is 0 Å². The topological polar surface area (TPSA) is 44.9 Å². The zero-order valence-corrected chi connectivity index (χ0v) is 45.0. The second kappa shape index (κ2) is 15.2. The molecule has 0 bridgehead atoms. The molecule has 5 nitrogen and oxygen atoms in total. The molecule has 5 heteroatoms. The number of nitrogens with zero attached hydrogens (tertiary/aromatic N) is 4.